The fourth-order valence-electron chi connectivity index (χ4n) is 2.59. The van der Waals surface area contributed by atoms with Crippen molar-refractivity contribution >= 4 is 0 Å². The first-order valence-corrected chi connectivity index (χ1v) is 7.41. The first-order chi connectivity index (χ1) is 9.61. The largest absolute Gasteiger partial charge is 0.494 e. The maximum Gasteiger partial charge on any atom is 0.119 e. The number of aliphatic hydroxyl groups is 1. The highest BCUT2D eigenvalue weighted by Crippen LogP contribution is 2.25. The normalized spacial score (nSPS) is 22.7. The lowest BCUT2D eigenvalue weighted by Gasteiger charge is -2.40. The van der Waals surface area contributed by atoms with Crippen LogP contribution in [0.25, 0.3) is 0 Å². The van der Waals surface area contributed by atoms with E-state index in [0.29, 0.717) is 0 Å². The molecule has 0 saturated carbocycles. The molecule has 1 saturated heterocycles. The Morgan fingerprint density at radius 3 is 2.60 bits per heavy atom. The number of ether oxygens (including phenoxy) is 1. The van der Waals surface area contributed by atoms with E-state index < -0.39 is 6.10 Å². The van der Waals surface area contributed by atoms with Crippen molar-refractivity contribution in [1.82, 2.24) is 9.80 Å². The number of piperazine rings is 1. The van der Waals surface area contributed by atoms with Crippen molar-refractivity contribution in [3.8, 4) is 5.75 Å². The Bertz CT molecular complexity index is 407. The fourth-order valence-corrected chi connectivity index (χ4v) is 2.59. The molecule has 2 atom stereocenters. The minimum absolute atomic E-state index is 0.149. The number of rotatable bonds is 5. The molecule has 1 aliphatic heterocycles. The van der Waals surface area contributed by atoms with Gasteiger partial charge in [0.1, 0.15) is 5.75 Å². The van der Waals surface area contributed by atoms with Gasteiger partial charge in [-0.25, -0.2) is 0 Å². The van der Waals surface area contributed by atoms with Crippen LogP contribution >= 0.6 is 0 Å². The second-order valence-electron chi connectivity index (χ2n) is 5.67. The molecule has 2 unspecified atom stereocenters. The quantitative estimate of drug-likeness (QED) is 0.890. The molecule has 0 aromatic heterocycles. The van der Waals surface area contributed by atoms with Crippen molar-refractivity contribution in [2.24, 2.45) is 0 Å². The number of likely N-dealkylation sites (N-methyl/N-ethyl adjacent to an activating group) is 2. The van der Waals surface area contributed by atoms with Crippen molar-refractivity contribution in [2.75, 3.05) is 40.3 Å². The molecule has 1 fully saturated rings. The third kappa shape index (κ3) is 3.72. The van der Waals surface area contributed by atoms with E-state index in [1.165, 1.54) is 0 Å². The van der Waals surface area contributed by atoms with Gasteiger partial charge in [-0.2, -0.15) is 0 Å². The minimum Gasteiger partial charge on any atom is -0.494 e. The average molecular weight is 278 g/mol. The van der Waals surface area contributed by atoms with Crippen LogP contribution in [-0.4, -0.2) is 61.3 Å². The summed E-state index contributed by atoms with van der Waals surface area (Å²) >= 11 is 0. The van der Waals surface area contributed by atoms with E-state index in [-0.39, 0.29) is 6.04 Å². The van der Waals surface area contributed by atoms with E-state index in [4.69, 9.17) is 4.74 Å². The summed E-state index contributed by atoms with van der Waals surface area (Å²) in [5.41, 5.74) is 0.959. The van der Waals surface area contributed by atoms with Crippen LogP contribution in [0.15, 0.2) is 24.3 Å². The molecule has 0 spiro atoms. The smallest absolute Gasteiger partial charge is 0.119 e. The molecule has 2 rings (SSSR count). The molecule has 112 valence electrons. The van der Waals surface area contributed by atoms with E-state index >= 15 is 0 Å². The van der Waals surface area contributed by atoms with Crippen LogP contribution in [0.2, 0.25) is 0 Å². The zero-order valence-electron chi connectivity index (χ0n) is 12.7. The summed E-state index contributed by atoms with van der Waals surface area (Å²) in [7, 11) is 4.19. The predicted molar refractivity (Wildman–Crippen MR) is 81.1 cm³/mol. The van der Waals surface area contributed by atoms with Gasteiger partial charge in [0.15, 0.2) is 0 Å². The van der Waals surface area contributed by atoms with Crippen LogP contribution in [0.5, 0.6) is 5.75 Å². The molecule has 0 amide bonds. The number of nitrogens with zero attached hydrogens (tertiary/aromatic N) is 2. The van der Waals surface area contributed by atoms with Gasteiger partial charge in [-0.15, -0.1) is 0 Å². The molecule has 20 heavy (non-hydrogen) atoms. The molecular formula is C16H26N2O2. The first-order valence-electron chi connectivity index (χ1n) is 7.41. The lowest BCUT2D eigenvalue weighted by molar-refractivity contribution is 0.0138. The summed E-state index contributed by atoms with van der Waals surface area (Å²) in [6.07, 6.45) is 0.548. The van der Waals surface area contributed by atoms with Crippen LogP contribution in [-0.2, 0) is 0 Å². The Kier molecular flexibility index (Phi) is 5.40. The Hall–Kier alpha value is -1.10. The topological polar surface area (TPSA) is 35.9 Å². The van der Waals surface area contributed by atoms with Gasteiger partial charge in [0.05, 0.1) is 18.8 Å². The van der Waals surface area contributed by atoms with E-state index in [1.807, 2.05) is 24.3 Å². The Morgan fingerprint density at radius 2 is 1.95 bits per heavy atom. The van der Waals surface area contributed by atoms with Crippen molar-refractivity contribution < 1.29 is 9.84 Å². The van der Waals surface area contributed by atoms with Gasteiger partial charge in [0.25, 0.3) is 0 Å². The van der Waals surface area contributed by atoms with Crippen LogP contribution in [0.1, 0.15) is 25.0 Å². The molecule has 0 radical (unpaired) electrons. The average Bonchev–Trinajstić information content (AvgIpc) is 2.47. The zero-order valence-corrected chi connectivity index (χ0v) is 12.7. The second-order valence-corrected chi connectivity index (χ2v) is 5.67. The van der Waals surface area contributed by atoms with Gasteiger partial charge in [0.2, 0.25) is 0 Å². The predicted octanol–water partition coefficient (Wildman–Crippen LogP) is 1.75. The minimum atomic E-state index is -0.456. The van der Waals surface area contributed by atoms with Gasteiger partial charge >= 0.3 is 0 Å². The highest BCUT2D eigenvalue weighted by molar-refractivity contribution is 5.29. The van der Waals surface area contributed by atoms with E-state index in [1.54, 1.807) is 0 Å². The number of hydrogen-bond donors (Lipinski definition) is 1. The van der Waals surface area contributed by atoms with Gasteiger partial charge < -0.3 is 14.7 Å². The Morgan fingerprint density at radius 1 is 1.25 bits per heavy atom. The SMILES string of the molecule is CCCOc1ccc(C(O)C2CN(C)CCN2C)cc1. The molecule has 4 nitrogen and oxygen atoms in total. The summed E-state index contributed by atoms with van der Waals surface area (Å²) in [5, 5.41) is 10.6. The van der Waals surface area contributed by atoms with Crippen molar-refractivity contribution in [2.45, 2.75) is 25.5 Å². The molecule has 1 heterocycles. The Balaban J connectivity index is 2.02. The zero-order chi connectivity index (χ0) is 14.5. The molecule has 1 aromatic rings. The summed E-state index contributed by atoms with van der Waals surface area (Å²) < 4.78 is 5.57. The summed E-state index contributed by atoms with van der Waals surface area (Å²) in [6.45, 7) is 5.77. The molecule has 1 N–H and O–H groups in total. The maximum absolute atomic E-state index is 10.6. The van der Waals surface area contributed by atoms with Crippen LogP contribution in [0.4, 0.5) is 0 Å². The number of hydrogen-bond acceptors (Lipinski definition) is 4. The molecular weight excluding hydrogens is 252 g/mol. The lowest BCUT2D eigenvalue weighted by atomic mass is 9.99. The maximum atomic E-state index is 10.6. The van der Waals surface area contributed by atoms with Crippen molar-refractivity contribution in [1.29, 1.82) is 0 Å². The molecule has 0 aliphatic carbocycles. The van der Waals surface area contributed by atoms with Gasteiger partial charge in [-0.05, 0) is 38.2 Å². The van der Waals surface area contributed by atoms with Crippen LogP contribution in [0, 0.1) is 0 Å². The van der Waals surface area contributed by atoms with Crippen molar-refractivity contribution in [3.05, 3.63) is 29.8 Å². The third-order valence-electron chi connectivity index (χ3n) is 3.96. The first kappa shape index (κ1) is 15.3. The van der Waals surface area contributed by atoms with E-state index in [9.17, 15) is 5.11 Å². The molecule has 4 heteroatoms. The number of benzene rings is 1. The fraction of sp³-hybridized carbons (Fsp3) is 0.625. The van der Waals surface area contributed by atoms with Crippen molar-refractivity contribution in [3.63, 3.8) is 0 Å². The molecule has 1 aliphatic rings. The number of aliphatic hydroxyl groups excluding tert-OH is 1. The summed E-state index contributed by atoms with van der Waals surface area (Å²) in [4.78, 5) is 4.51. The summed E-state index contributed by atoms with van der Waals surface area (Å²) in [5.74, 6) is 0.872. The van der Waals surface area contributed by atoms with E-state index in [2.05, 4.69) is 30.8 Å². The summed E-state index contributed by atoms with van der Waals surface area (Å²) in [6, 6.07) is 7.98. The van der Waals surface area contributed by atoms with Crippen LogP contribution in [0.3, 0.4) is 0 Å². The Labute approximate surface area is 122 Å². The standard InChI is InChI=1S/C16H26N2O2/c1-4-11-20-14-7-5-13(6-8-14)16(19)15-12-17(2)9-10-18(15)3/h5-8,15-16,19H,4,9-12H2,1-3H3. The van der Waals surface area contributed by atoms with Gasteiger partial charge in [-0.1, -0.05) is 19.1 Å². The monoisotopic (exact) mass is 278 g/mol. The highest BCUT2D eigenvalue weighted by atomic mass is 16.5. The highest BCUT2D eigenvalue weighted by Gasteiger charge is 2.29. The van der Waals surface area contributed by atoms with Gasteiger partial charge in [-0.3, -0.25) is 4.90 Å². The second kappa shape index (κ2) is 7.07. The molecule has 0 bridgehead atoms. The third-order valence-corrected chi connectivity index (χ3v) is 3.96. The van der Waals surface area contributed by atoms with E-state index in [0.717, 1.165) is 44.0 Å². The van der Waals surface area contributed by atoms with Crippen LogP contribution < -0.4 is 4.74 Å². The molecule has 1 aromatic carbocycles. The van der Waals surface area contributed by atoms with Gasteiger partial charge in [0, 0.05) is 19.6 Å². The lowest BCUT2D eigenvalue weighted by Crippen LogP contribution is -2.52.